The van der Waals surface area contributed by atoms with Crippen LogP contribution in [0.2, 0.25) is 0 Å². The van der Waals surface area contributed by atoms with E-state index in [4.69, 9.17) is 0 Å². The van der Waals surface area contributed by atoms with Crippen LogP contribution in [-0.2, 0) is 0 Å². The van der Waals surface area contributed by atoms with Gasteiger partial charge in [0, 0.05) is 6.04 Å². The summed E-state index contributed by atoms with van der Waals surface area (Å²) in [6, 6.07) is 0.829. The first-order valence-corrected chi connectivity index (χ1v) is 7.11. The lowest BCUT2D eigenvalue weighted by molar-refractivity contribution is 0.208. The minimum absolute atomic E-state index is 0.829. The van der Waals surface area contributed by atoms with Crippen LogP contribution in [0.3, 0.4) is 0 Å². The first-order chi connectivity index (χ1) is 7.38. The van der Waals surface area contributed by atoms with Gasteiger partial charge in [0.25, 0.3) is 0 Å². The second-order valence-electron chi connectivity index (χ2n) is 5.67. The molecular weight excluding hydrogens is 182 g/mol. The molecule has 1 nitrogen and oxygen atoms in total. The van der Waals surface area contributed by atoms with E-state index in [1.807, 2.05) is 0 Å². The highest BCUT2D eigenvalue weighted by Crippen LogP contribution is 2.33. The summed E-state index contributed by atoms with van der Waals surface area (Å²) in [7, 11) is 0. The molecule has 1 aliphatic heterocycles. The SMILES string of the molecule is CC(C1CCCCC1)C1CCCCCN1. The fourth-order valence-corrected chi connectivity index (χ4v) is 3.49. The van der Waals surface area contributed by atoms with Gasteiger partial charge in [-0.2, -0.15) is 0 Å². The maximum Gasteiger partial charge on any atom is 0.00953 e. The maximum atomic E-state index is 3.78. The van der Waals surface area contributed by atoms with Crippen LogP contribution in [0.25, 0.3) is 0 Å². The molecule has 0 aromatic carbocycles. The number of rotatable bonds is 2. The third-order valence-corrected chi connectivity index (χ3v) is 4.63. The molecule has 1 N–H and O–H groups in total. The second-order valence-corrected chi connectivity index (χ2v) is 5.67. The molecule has 15 heavy (non-hydrogen) atoms. The summed E-state index contributed by atoms with van der Waals surface area (Å²) in [5.74, 6) is 1.94. The molecule has 2 fully saturated rings. The zero-order chi connectivity index (χ0) is 10.5. The smallest absolute Gasteiger partial charge is 0.00953 e. The topological polar surface area (TPSA) is 12.0 Å². The van der Waals surface area contributed by atoms with Crippen molar-refractivity contribution in [1.29, 1.82) is 0 Å². The maximum absolute atomic E-state index is 3.78. The van der Waals surface area contributed by atoms with Gasteiger partial charge in [-0.1, -0.05) is 51.9 Å². The van der Waals surface area contributed by atoms with Gasteiger partial charge in [0.2, 0.25) is 0 Å². The van der Waals surface area contributed by atoms with Crippen molar-refractivity contribution in [2.75, 3.05) is 6.54 Å². The molecule has 2 atom stereocenters. The van der Waals surface area contributed by atoms with Crippen LogP contribution in [0.15, 0.2) is 0 Å². The van der Waals surface area contributed by atoms with Crippen molar-refractivity contribution in [2.45, 2.75) is 70.8 Å². The van der Waals surface area contributed by atoms with Gasteiger partial charge < -0.3 is 5.32 Å². The first kappa shape index (κ1) is 11.4. The van der Waals surface area contributed by atoms with Gasteiger partial charge in [0.15, 0.2) is 0 Å². The molecule has 2 unspecified atom stereocenters. The van der Waals surface area contributed by atoms with E-state index in [-0.39, 0.29) is 0 Å². The molecule has 88 valence electrons. The molecule has 0 bridgehead atoms. The van der Waals surface area contributed by atoms with Crippen molar-refractivity contribution < 1.29 is 0 Å². The summed E-state index contributed by atoms with van der Waals surface area (Å²) in [6.07, 6.45) is 13.2. The second kappa shape index (κ2) is 5.89. The molecule has 0 aromatic heterocycles. The molecule has 1 heteroatoms. The van der Waals surface area contributed by atoms with E-state index in [9.17, 15) is 0 Å². The quantitative estimate of drug-likeness (QED) is 0.730. The molecule has 2 aliphatic rings. The van der Waals surface area contributed by atoms with Gasteiger partial charge in [0.1, 0.15) is 0 Å². The molecule has 2 rings (SSSR count). The van der Waals surface area contributed by atoms with E-state index in [0.29, 0.717) is 0 Å². The van der Waals surface area contributed by atoms with Gasteiger partial charge in [-0.05, 0) is 31.2 Å². The lowest BCUT2D eigenvalue weighted by Crippen LogP contribution is -2.38. The van der Waals surface area contributed by atoms with E-state index >= 15 is 0 Å². The first-order valence-electron chi connectivity index (χ1n) is 7.11. The Morgan fingerprint density at radius 3 is 2.33 bits per heavy atom. The summed E-state index contributed by atoms with van der Waals surface area (Å²) >= 11 is 0. The van der Waals surface area contributed by atoms with E-state index in [1.165, 1.54) is 64.3 Å². The zero-order valence-electron chi connectivity index (χ0n) is 10.3. The van der Waals surface area contributed by atoms with Crippen LogP contribution in [0.1, 0.15) is 64.7 Å². The van der Waals surface area contributed by atoms with E-state index < -0.39 is 0 Å². The molecule has 1 aliphatic carbocycles. The molecule has 0 spiro atoms. The van der Waals surface area contributed by atoms with Gasteiger partial charge in [-0.3, -0.25) is 0 Å². The highest BCUT2D eigenvalue weighted by atomic mass is 14.9. The average Bonchev–Trinajstić information content (AvgIpc) is 2.58. The monoisotopic (exact) mass is 209 g/mol. The summed E-state index contributed by atoms with van der Waals surface area (Å²) < 4.78 is 0. The van der Waals surface area contributed by atoms with Crippen molar-refractivity contribution in [2.24, 2.45) is 11.8 Å². The largest absolute Gasteiger partial charge is 0.314 e. The Bertz CT molecular complexity index is 164. The lowest BCUT2D eigenvalue weighted by Gasteiger charge is -2.33. The third-order valence-electron chi connectivity index (χ3n) is 4.63. The van der Waals surface area contributed by atoms with Crippen LogP contribution in [0.4, 0.5) is 0 Å². The van der Waals surface area contributed by atoms with Crippen LogP contribution in [0, 0.1) is 11.8 Å². The van der Waals surface area contributed by atoms with E-state index in [2.05, 4.69) is 12.2 Å². The Kier molecular flexibility index (Phi) is 4.49. The zero-order valence-corrected chi connectivity index (χ0v) is 10.3. The van der Waals surface area contributed by atoms with E-state index in [0.717, 1.165) is 17.9 Å². The Hall–Kier alpha value is -0.0400. The normalized spacial score (nSPS) is 32.2. The van der Waals surface area contributed by atoms with Crippen LogP contribution < -0.4 is 5.32 Å². The molecule has 0 amide bonds. The minimum Gasteiger partial charge on any atom is -0.314 e. The van der Waals surface area contributed by atoms with Crippen LogP contribution in [0.5, 0.6) is 0 Å². The van der Waals surface area contributed by atoms with Crippen molar-refractivity contribution in [3.63, 3.8) is 0 Å². The molecule has 1 heterocycles. The fraction of sp³-hybridized carbons (Fsp3) is 1.00. The summed E-state index contributed by atoms with van der Waals surface area (Å²) in [6.45, 7) is 3.76. The number of hydrogen-bond acceptors (Lipinski definition) is 1. The predicted octanol–water partition coefficient (Wildman–Crippen LogP) is 3.74. The predicted molar refractivity (Wildman–Crippen MR) is 66.0 cm³/mol. The summed E-state index contributed by atoms with van der Waals surface area (Å²) in [5.41, 5.74) is 0. The molecular formula is C14H27N. The van der Waals surface area contributed by atoms with Crippen molar-refractivity contribution in [1.82, 2.24) is 5.32 Å². The highest BCUT2D eigenvalue weighted by molar-refractivity contribution is 4.82. The molecule has 1 saturated heterocycles. The average molecular weight is 209 g/mol. The van der Waals surface area contributed by atoms with Crippen LogP contribution in [-0.4, -0.2) is 12.6 Å². The molecule has 0 aromatic rings. The lowest BCUT2D eigenvalue weighted by atomic mass is 9.77. The van der Waals surface area contributed by atoms with Crippen molar-refractivity contribution in [3.8, 4) is 0 Å². The Morgan fingerprint density at radius 2 is 1.53 bits per heavy atom. The Morgan fingerprint density at radius 1 is 0.867 bits per heavy atom. The van der Waals surface area contributed by atoms with E-state index in [1.54, 1.807) is 0 Å². The number of nitrogens with one attached hydrogen (secondary N) is 1. The third kappa shape index (κ3) is 3.21. The Labute approximate surface area is 95.0 Å². The Balaban J connectivity index is 1.83. The highest BCUT2D eigenvalue weighted by Gasteiger charge is 2.26. The number of hydrogen-bond donors (Lipinski definition) is 1. The van der Waals surface area contributed by atoms with Crippen molar-refractivity contribution >= 4 is 0 Å². The summed E-state index contributed by atoms with van der Waals surface area (Å²) in [5, 5.41) is 3.78. The van der Waals surface area contributed by atoms with Crippen LogP contribution >= 0.6 is 0 Å². The standard InChI is InChI=1S/C14H27N/c1-12(13-8-4-2-5-9-13)14-10-6-3-7-11-15-14/h12-15H,2-11H2,1H3. The van der Waals surface area contributed by atoms with Gasteiger partial charge >= 0.3 is 0 Å². The minimum atomic E-state index is 0.829. The van der Waals surface area contributed by atoms with Gasteiger partial charge in [0.05, 0.1) is 0 Å². The molecule has 1 saturated carbocycles. The molecule has 0 radical (unpaired) electrons. The van der Waals surface area contributed by atoms with Gasteiger partial charge in [-0.15, -0.1) is 0 Å². The van der Waals surface area contributed by atoms with Gasteiger partial charge in [-0.25, -0.2) is 0 Å². The fourth-order valence-electron chi connectivity index (χ4n) is 3.49. The summed E-state index contributed by atoms with van der Waals surface area (Å²) in [4.78, 5) is 0. The van der Waals surface area contributed by atoms with Crippen molar-refractivity contribution in [3.05, 3.63) is 0 Å².